The molecule has 4 rings (SSSR count). The van der Waals surface area contributed by atoms with Crippen LogP contribution in [-0.4, -0.2) is 72.8 Å². The number of nitrogens with zero attached hydrogens (tertiary/aromatic N) is 3. The lowest BCUT2D eigenvalue weighted by Crippen LogP contribution is -2.40. The molecule has 1 aliphatic heterocycles. The molecule has 214 valence electrons. The summed E-state index contributed by atoms with van der Waals surface area (Å²) >= 11 is 0. The second-order valence-electron chi connectivity index (χ2n) is 9.51. The highest BCUT2D eigenvalue weighted by molar-refractivity contribution is 7.89. The normalized spacial score (nSPS) is 14.2. The summed E-state index contributed by atoms with van der Waals surface area (Å²) in [6.07, 6.45) is 2.09. The third-order valence-electron chi connectivity index (χ3n) is 6.64. The fourth-order valence-corrected chi connectivity index (χ4v) is 5.96. The van der Waals surface area contributed by atoms with Crippen LogP contribution in [0, 0.1) is 0 Å². The van der Waals surface area contributed by atoms with Crippen LogP contribution < -0.4 is 5.32 Å². The molecule has 0 aliphatic carbocycles. The zero-order valence-electron chi connectivity index (χ0n) is 22.7. The van der Waals surface area contributed by atoms with Crippen LogP contribution in [0.4, 0.5) is 5.69 Å². The highest BCUT2D eigenvalue weighted by Gasteiger charge is 2.27. The number of nitrogens with one attached hydrogen (secondary N) is 1. The van der Waals surface area contributed by atoms with Gasteiger partial charge >= 0.3 is 5.97 Å². The summed E-state index contributed by atoms with van der Waals surface area (Å²) in [5.41, 5.74) is 2.06. The number of ketones is 1. The molecule has 11 nitrogen and oxygen atoms in total. The number of sulfonamides is 1. The minimum atomic E-state index is -3.67. The number of anilines is 1. The third kappa shape index (κ3) is 6.93. The van der Waals surface area contributed by atoms with Crippen LogP contribution in [0.3, 0.4) is 0 Å². The summed E-state index contributed by atoms with van der Waals surface area (Å²) in [5, 5.41) is 2.60. The number of esters is 1. The lowest BCUT2D eigenvalue weighted by atomic mass is 10.1. The van der Waals surface area contributed by atoms with Gasteiger partial charge in [-0.2, -0.15) is 4.31 Å². The van der Waals surface area contributed by atoms with Crippen molar-refractivity contribution >= 4 is 44.4 Å². The van der Waals surface area contributed by atoms with Crippen molar-refractivity contribution < 1.29 is 32.3 Å². The molecule has 1 saturated heterocycles. The number of para-hydroxylation sites is 1. The molecule has 0 radical (unpaired) electrons. The van der Waals surface area contributed by atoms with E-state index in [1.165, 1.54) is 11.2 Å². The van der Waals surface area contributed by atoms with Gasteiger partial charge in [0, 0.05) is 31.6 Å². The molecule has 2 heterocycles. The molecular weight excluding hydrogens is 536 g/mol. The molecule has 1 N–H and O–H groups in total. The molecule has 1 fully saturated rings. The smallest absolute Gasteiger partial charge is 0.306 e. The first-order valence-electron chi connectivity index (χ1n) is 13.3. The second kappa shape index (κ2) is 13.2. The second-order valence-corrected chi connectivity index (χ2v) is 11.4. The highest BCUT2D eigenvalue weighted by Crippen LogP contribution is 2.25. The summed E-state index contributed by atoms with van der Waals surface area (Å²) < 4.78 is 40.1. The number of rotatable bonds is 12. The SMILES string of the molecule is CCCCn1c(CCC(=O)OCC(=O)Nc2ccccc2C(C)=O)nc2cc(S(=O)(=O)N3CCOCC3)ccc21. The van der Waals surface area contributed by atoms with E-state index < -0.39 is 28.5 Å². The molecule has 40 heavy (non-hydrogen) atoms. The van der Waals surface area contributed by atoms with Crippen molar-refractivity contribution in [3.8, 4) is 0 Å². The van der Waals surface area contributed by atoms with Crippen LogP contribution in [0.15, 0.2) is 47.4 Å². The minimum Gasteiger partial charge on any atom is -0.456 e. The Morgan fingerprint density at radius 1 is 1.10 bits per heavy atom. The van der Waals surface area contributed by atoms with Gasteiger partial charge in [-0.25, -0.2) is 13.4 Å². The molecule has 1 amide bonds. The van der Waals surface area contributed by atoms with E-state index >= 15 is 0 Å². The van der Waals surface area contributed by atoms with Crippen molar-refractivity contribution in [1.29, 1.82) is 0 Å². The van der Waals surface area contributed by atoms with Gasteiger partial charge in [-0.1, -0.05) is 25.5 Å². The molecule has 0 saturated carbocycles. The standard InChI is InChI=1S/C28H34N4O7S/c1-3-4-13-32-25-10-9-21(40(36,37)31-14-16-38-17-15-31)18-24(25)29-26(32)11-12-28(35)39-19-27(34)30-23-8-6-5-7-22(23)20(2)33/h5-10,18H,3-4,11-17,19H2,1-2H3,(H,30,34). The molecule has 3 aromatic rings. The highest BCUT2D eigenvalue weighted by atomic mass is 32.2. The number of hydrogen-bond acceptors (Lipinski definition) is 8. The van der Waals surface area contributed by atoms with E-state index in [1.807, 2.05) is 4.57 Å². The van der Waals surface area contributed by atoms with Crippen LogP contribution in [0.2, 0.25) is 0 Å². The van der Waals surface area contributed by atoms with Gasteiger partial charge in [-0.05, 0) is 43.7 Å². The molecule has 0 spiro atoms. The number of morpholine rings is 1. The first-order chi connectivity index (χ1) is 19.2. The Hall–Kier alpha value is -3.61. The number of benzene rings is 2. The Bertz CT molecular complexity index is 1490. The number of Topliss-reactive ketones (excluding diaryl/α,β-unsaturated/α-hetero) is 1. The maximum atomic E-state index is 13.1. The Morgan fingerprint density at radius 3 is 2.58 bits per heavy atom. The molecular formula is C28H34N4O7S. The topological polar surface area (TPSA) is 137 Å². The summed E-state index contributed by atoms with van der Waals surface area (Å²) in [6.45, 7) is 5.00. The Labute approximate surface area is 233 Å². The van der Waals surface area contributed by atoms with Gasteiger partial charge in [0.15, 0.2) is 12.4 Å². The molecule has 12 heteroatoms. The third-order valence-corrected chi connectivity index (χ3v) is 8.53. The van der Waals surface area contributed by atoms with Crippen molar-refractivity contribution in [1.82, 2.24) is 13.9 Å². The van der Waals surface area contributed by atoms with E-state index in [9.17, 15) is 22.8 Å². The number of fused-ring (bicyclic) bond motifs is 1. The number of amides is 1. The van der Waals surface area contributed by atoms with Gasteiger partial charge in [0.2, 0.25) is 10.0 Å². The van der Waals surface area contributed by atoms with Crippen LogP contribution in [-0.2, 0) is 42.1 Å². The Kier molecular flexibility index (Phi) is 9.67. The minimum absolute atomic E-state index is 0.00824. The summed E-state index contributed by atoms with van der Waals surface area (Å²) in [5.74, 6) is -0.670. The summed E-state index contributed by atoms with van der Waals surface area (Å²) in [6, 6.07) is 11.5. The van der Waals surface area contributed by atoms with Crippen molar-refractivity contribution in [2.45, 2.75) is 51.0 Å². The van der Waals surface area contributed by atoms with Gasteiger partial charge in [0.1, 0.15) is 5.82 Å². The molecule has 0 unspecified atom stereocenters. The number of ether oxygens (including phenoxy) is 2. The van der Waals surface area contributed by atoms with Crippen LogP contribution in [0.1, 0.15) is 49.3 Å². The number of hydrogen-bond donors (Lipinski definition) is 1. The van der Waals surface area contributed by atoms with Gasteiger partial charge in [-0.15, -0.1) is 0 Å². The summed E-state index contributed by atoms with van der Waals surface area (Å²) in [4.78, 5) is 41.4. The average molecular weight is 571 g/mol. The predicted molar refractivity (Wildman–Crippen MR) is 149 cm³/mol. The van der Waals surface area contributed by atoms with Crippen molar-refractivity contribution in [2.24, 2.45) is 0 Å². The Morgan fingerprint density at radius 2 is 1.85 bits per heavy atom. The number of aryl methyl sites for hydroxylation is 2. The Balaban J connectivity index is 1.42. The van der Waals surface area contributed by atoms with Gasteiger partial charge in [-0.3, -0.25) is 14.4 Å². The number of imidazole rings is 1. The van der Waals surface area contributed by atoms with Crippen LogP contribution in [0.5, 0.6) is 0 Å². The average Bonchev–Trinajstić information content (AvgIpc) is 3.31. The van der Waals surface area contributed by atoms with Gasteiger partial charge in [0.05, 0.1) is 41.3 Å². The molecule has 0 atom stereocenters. The molecule has 1 aliphatic rings. The first-order valence-corrected chi connectivity index (χ1v) is 14.8. The summed E-state index contributed by atoms with van der Waals surface area (Å²) in [7, 11) is -3.67. The largest absolute Gasteiger partial charge is 0.456 e. The van der Waals surface area contributed by atoms with Crippen LogP contribution >= 0.6 is 0 Å². The zero-order valence-corrected chi connectivity index (χ0v) is 23.5. The first kappa shape index (κ1) is 29.4. The van der Waals surface area contributed by atoms with E-state index in [1.54, 1.807) is 42.5 Å². The van der Waals surface area contributed by atoms with Crippen molar-refractivity contribution in [3.63, 3.8) is 0 Å². The molecule has 2 aromatic carbocycles. The van der Waals surface area contributed by atoms with Gasteiger partial charge in [0.25, 0.3) is 5.91 Å². The monoisotopic (exact) mass is 570 g/mol. The fraction of sp³-hybridized carbons (Fsp3) is 0.429. The van der Waals surface area contributed by atoms with E-state index in [4.69, 9.17) is 9.47 Å². The predicted octanol–water partition coefficient (Wildman–Crippen LogP) is 3.17. The lowest BCUT2D eigenvalue weighted by Gasteiger charge is -2.26. The van der Waals surface area contributed by atoms with Crippen LogP contribution in [0.25, 0.3) is 11.0 Å². The lowest BCUT2D eigenvalue weighted by molar-refractivity contribution is -0.147. The fourth-order valence-electron chi connectivity index (χ4n) is 4.53. The maximum Gasteiger partial charge on any atom is 0.306 e. The number of carbonyl (C=O) groups is 3. The number of carbonyl (C=O) groups excluding carboxylic acids is 3. The molecule has 0 bridgehead atoms. The van der Waals surface area contributed by atoms with E-state index in [0.29, 0.717) is 55.4 Å². The van der Waals surface area contributed by atoms with Crippen molar-refractivity contribution in [2.75, 3.05) is 38.2 Å². The van der Waals surface area contributed by atoms with E-state index in [-0.39, 0.29) is 23.5 Å². The maximum absolute atomic E-state index is 13.1. The number of unbranched alkanes of at least 4 members (excludes halogenated alkanes) is 1. The zero-order chi connectivity index (χ0) is 28.7. The van der Waals surface area contributed by atoms with Crippen molar-refractivity contribution in [3.05, 3.63) is 53.9 Å². The number of aromatic nitrogens is 2. The van der Waals surface area contributed by atoms with Gasteiger partial charge < -0.3 is 19.4 Å². The molecule has 1 aromatic heterocycles. The van der Waals surface area contributed by atoms with E-state index in [0.717, 1.165) is 18.4 Å². The quantitative estimate of drug-likeness (QED) is 0.259. The van der Waals surface area contributed by atoms with E-state index in [2.05, 4.69) is 17.2 Å².